The van der Waals surface area contributed by atoms with E-state index in [4.69, 9.17) is 5.11 Å². The number of rotatable bonds is 10. The third kappa shape index (κ3) is 7.84. The van der Waals surface area contributed by atoms with Gasteiger partial charge in [-0.25, -0.2) is 0 Å². The fourth-order valence-corrected chi connectivity index (χ4v) is 2.25. The Bertz CT molecular complexity index is 123. The van der Waals surface area contributed by atoms with Gasteiger partial charge in [0.1, 0.15) is 0 Å². The zero-order valence-electron chi connectivity index (χ0n) is 11.0. The van der Waals surface area contributed by atoms with E-state index >= 15 is 0 Å². The molecule has 92 valence electrons. The summed E-state index contributed by atoms with van der Waals surface area (Å²) in [7, 11) is 0. The molecular weight excluding hydrogens is 184 g/mol. The molecule has 0 aromatic carbocycles. The summed E-state index contributed by atoms with van der Waals surface area (Å²) in [6.45, 7) is 7.34. The Hall–Kier alpha value is -0.0400. The van der Waals surface area contributed by atoms with Crippen molar-refractivity contribution in [2.75, 3.05) is 6.61 Å². The lowest BCUT2D eigenvalue weighted by atomic mass is 9.76. The molecule has 0 unspecified atom stereocenters. The summed E-state index contributed by atoms with van der Waals surface area (Å²) < 4.78 is 0. The van der Waals surface area contributed by atoms with E-state index in [2.05, 4.69) is 20.8 Å². The van der Waals surface area contributed by atoms with E-state index in [1.54, 1.807) is 0 Å². The van der Waals surface area contributed by atoms with Crippen LogP contribution in [-0.2, 0) is 0 Å². The molecule has 0 bridgehead atoms. The first-order chi connectivity index (χ1) is 7.18. The molecular formula is C14H30O. The molecule has 1 nitrogen and oxygen atoms in total. The molecule has 0 aromatic rings. The van der Waals surface area contributed by atoms with Gasteiger partial charge in [0.2, 0.25) is 0 Å². The fraction of sp³-hybridized carbons (Fsp3) is 1.00. The third-order valence-electron chi connectivity index (χ3n) is 3.46. The standard InChI is InChI=1S/C14H30O/c1-4-6-10-14(3,11-7-5-2)12-8-9-13-15/h15H,4-13H2,1-3H3. The Balaban J connectivity index is 3.89. The minimum atomic E-state index is 0.359. The lowest BCUT2D eigenvalue weighted by Gasteiger charge is -2.29. The van der Waals surface area contributed by atoms with Gasteiger partial charge in [0.25, 0.3) is 0 Å². The van der Waals surface area contributed by atoms with Crippen LogP contribution in [-0.4, -0.2) is 11.7 Å². The van der Waals surface area contributed by atoms with E-state index in [1.165, 1.54) is 51.4 Å². The molecule has 0 atom stereocenters. The minimum Gasteiger partial charge on any atom is -0.396 e. The van der Waals surface area contributed by atoms with Gasteiger partial charge in [0.15, 0.2) is 0 Å². The zero-order valence-corrected chi connectivity index (χ0v) is 11.0. The van der Waals surface area contributed by atoms with Crippen LogP contribution in [0.5, 0.6) is 0 Å². The number of aliphatic hydroxyl groups is 1. The lowest BCUT2D eigenvalue weighted by molar-refractivity contribution is 0.213. The second-order valence-corrected chi connectivity index (χ2v) is 5.20. The molecule has 0 aliphatic rings. The quantitative estimate of drug-likeness (QED) is 0.529. The molecule has 0 aliphatic heterocycles. The highest BCUT2D eigenvalue weighted by atomic mass is 16.2. The molecule has 0 heterocycles. The van der Waals surface area contributed by atoms with Gasteiger partial charge in [-0.1, -0.05) is 52.9 Å². The predicted molar refractivity (Wildman–Crippen MR) is 68.1 cm³/mol. The average molecular weight is 214 g/mol. The van der Waals surface area contributed by atoms with E-state index in [0.717, 1.165) is 6.42 Å². The van der Waals surface area contributed by atoms with Crippen molar-refractivity contribution in [2.45, 2.75) is 78.6 Å². The Morgan fingerprint density at radius 1 is 0.800 bits per heavy atom. The predicted octanol–water partition coefficient (Wildman–Crippen LogP) is 4.54. The second kappa shape index (κ2) is 9.21. The van der Waals surface area contributed by atoms with E-state index in [-0.39, 0.29) is 0 Å². The molecule has 0 fully saturated rings. The highest BCUT2D eigenvalue weighted by Gasteiger charge is 2.21. The summed E-state index contributed by atoms with van der Waals surface area (Å²) in [4.78, 5) is 0. The summed E-state index contributed by atoms with van der Waals surface area (Å²) in [5.74, 6) is 0. The normalized spacial score (nSPS) is 12.0. The van der Waals surface area contributed by atoms with Crippen LogP contribution in [0, 0.1) is 5.41 Å². The third-order valence-corrected chi connectivity index (χ3v) is 3.46. The fourth-order valence-electron chi connectivity index (χ4n) is 2.25. The molecule has 0 radical (unpaired) electrons. The Morgan fingerprint density at radius 2 is 1.27 bits per heavy atom. The Kier molecular flexibility index (Phi) is 9.18. The van der Waals surface area contributed by atoms with Crippen molar-refractivity contribution in [3.63, 3.8) is 0 Å². The topological polar surface area (TPSA) is 20.2 Å². The second-order valence-electron chi connectivity index (χ2n) is 5.20. The molecule has 0 aliphatic carbocycles. The summed E-state index contributed by atoms with van der Waals surface area (Å²) in [6, 6.07) is 0. The number of aliphatic hydroxyl groups excluding tert-OH is 1. The number of hydrogen-bond donors (Lipinski definition) is 1. The van der Waals surface area contributed by atoms with Gasteiger partial charge in [-0.3, -0.25) is 0 Å². The minimum absolute atomic E-state index is 0.359. The van der Waals surface area contributed by atoms with Gasteiger partial charge in [-0.2, -0.15) is 0 Å². The van der Waals surface area contributed by atoms with Gasteiger partial charge in [0.05, 0.1) is 0 Å². The van der Waals surface area contributed by atoms with Crippen molar-refractivity contribution in [3.8, 4) is 0 Å². The zero-order chi connectivity index (χ0) is 11.6. The van der Waals surface area contributed by atoms with Gasteiger partial charge in [-0.15, -0.1) is 0 Å². The van der Waals surface area contributed by atoms with E-state index in [1.807, 2.05) is 0 Å². The average Bonchev–Trinajstić information content (AvgIpc) is 2.24. The highest BCUT2D eigenvalue weighted by Crippen LogP contribution is 2.35. The van der Waals surface area contributed by atoms with Crippen molar-refractivity contribution in [2.24, 2.45) is 5.41 Å². The molecule has 0 amide bonds. The summed E-state index contributed by atoms with van der Waals surface area (Å²) in [6.07, 6.45) is 11.5. The van der Waals surface area contributed by atoms with Crippen LogP contribution >= 0.6 is 0 Å². The van der Waals surface area contributed by atoms with Crippen molar-refractivity contribution in [3.05, 3.63) is 0 Å². The molecule has 1 N–H and O–H groups in total. The van der Waals surface area contributed by atoms with E-state index < -0.39 is 0 Å². The van der Waals surface area contributed by atoms with Crippen LogP contribution in [0.25, 0.3) is 0 Å². The number of unbranched alkanes of at least 4 members (excludes halogenated alkanes) is 3. The first-order valence-corrected chi connectivity index (χ1v) is 6.79. The maximum absolute atomic E-state index is 8.82. The molecule has 0 saturated heterocycles. The van der Waals surface area contributed by atoms with Crippen LogP contribution < -0.4 is 0 Å². The van der Waals surface area contributed by atoms with Crippen LogP contribution in [0.4, 0.5) is 0 Å². The molecule has 0 spiro atoms. The summed E-state index contributed by atoms with van der Waals surface area (Å²) in [5.41, 5.74) is 0.543. The van der Waals surface area contributed by atoms with Crippen molar-refractivity contribution < 1.29 is 5.11 Å². The van der Waals surface area contributed by atoms with Gasteiger partial charge in [-0.05, 0) is 31.1 Å². The van der Waals surface area contributed by atoms with Crippen molar-refractivity contribution in [1.29, 1.82) is 0 Å². The van der Waals surface area contributed by atoms with E-state index in [9.17, 15) is 0 Å². The largest absolute Gasteiger partial charge is 0.396 e. The maximum atomic E-state index is 8.82. The van der Waals surface area contributed by atoms with Crippen LogP contribution in [0.3, 0.4) is 0 Å². The Morgan fingerprint density at radius 3 is 1.67 bits per heavy atom. The molecule has 15 heavy (non-hydrogen) atoms. The Labute approximate surface area is 96.3 Å². The number of hydrogen-bond acceptors (Lipinski definition) is 1. The molecule has 0 saturated carbocycles. The highest BCUT2D eigenvalue weighted by molar-refractivity contribution is 4.74. The lowest BCUT2D eigenvalue weighted by Crippen LogP contribution is -2.16. The smallest absolute Gasteiger partial charge is 0.0431 e. The van der Waals surface area contributed by atoms with Crippen LogP contribution in [0.2, 0.25) is 0 Å². The maximum Gasteiger partial charge on any atom is 0.0431 e. The summed E-state index contributed by atoms with van der Waals surface area (Å²) in [5, 5.41) is 8.82. The van der Waals surface area contributed by atoms with Gasteiger partial charge >= 0.3 is 0 Å². The SMILES string of the molecule is CCCCC(C)(CCCC)CCCCO. The van der Waals surface area contributed by atoms with Gasteiger partial charge < -0.3 is 5.11 Å². The molecule has 1 heteroatoms. The summed E-state index contributed by atoms with van der Waals surface area (Å²) >= 11 is 0. The first kappa shape index (κ1) is 15.0. The molecule has 0 aromatic heterocycles. The van der Waals surface area contributed by atoms with Crippen LogP contribution in [0.15, 0.2) is 0 Å². The van der Waals surface area contributed by atoms with Crippen molar-refractivity contribution >= 4 is 0 Å². The molecule has 0 rings (SSSR count). The van der Waals surface area contributed by atoms with E-state index in [0.29, 0.717) is 12.0 Å². The van der Waals surface area contributed by atoms with Crippen molar-refractivity contribution in [1.82, 2.24) is 0 Å². The van der Waals surface area contributed by atoms with Crippen LogP contribution in [0.1, 0.15) is 78.6 Å². The van der Waals surface area contributed by atoms with Gasteiger partial charge in [0, 0.05) is 6.61 Å². The monoisotopic (exact) mass is 214 g/mol. The first-order valence-electron chi connectivity index (χ1n) is 6.79.